The Morgan fingerprint density at radius 2 is 2.18 bits per heavy atom. The van der Waals surface area contributed by atoms with E-state index in [1.165, 1.54) is 7.11 Å². The molecule has 17 heavy (non-hydrogen) atoms. The SMILES string of the molecule is COC(=O)C(C)(N)CC(C)Sc1ccncc1. The summed E-state index contributed by atoms with van der Waals surface area (Å²) in [4.78, 5) is 16.5. The molecule has 1 rings (SSSR count). The Morgan fingerprint density at radius 1 is 1.59 bits per heavy atom. The first-order valence-corrected chi connectivity index (χ1v) is 6.27. The lowest BCUT2D eigenvalue weighted by atomic mass is 9.98. The van der Waals surface area contributed by atoms with Gasteiger partial charge >= 0.3 is 5.97 Å². The lowest BCUT2D eigenvalue weighted by molar-refractivity contribution is -0.146. The number of hydrogen-bond donors (Lipinski definition) is 1. The molecule has 0 aliphatic carbocycles. The maximum atomic E-state index is 11.5. The standard InChI is InChI=1S/C12H18N2O2S/c1-9(8-12(2,13)11(15)16-3)17-10-4-6-14-7-5-10/h4-7,9H,8,13H2,1-3H3. The molecule has 2 unspecified atom stereocenters. The summed E-state index contributed by atoms with van der Waals surface area (Å²) in [6.07, 6.45) is 4.06. The van der Waals surface area contributed by atoms with Gasteiger partial charge in [0.1, 0.15) is 5.54 Å². The third-order valence-corrected chi connectivity index (χ3v) is 3.46. The second-order valence-corrected chi connectivity index (χ2v) is 5.74. The number of hydrogen-bond acceptors (Lipinski definition) is 5. The zero-order valence-corrected chi connectivity index (χ0v) is 11.2. The molecule has 2 atom stereocenters. The molecule has 5 heteroatoms. The van der Waals surface area contributed by atoms with Crippen molar-refractivity contribution in [3.8, 4) is 0 Å². The lowest BCUT2D eigenvalue weighted by Crippen LogP contribution is -2.47. The molecule has 0 aromatic carbocycles. The Bertz CT molecular complexity index is 368. The van der Waals surface area contributed by atoms with Crippen molar-refractivity contribution in [2.45, 2.75) is 36.0 Å². The summed E-state index contributed by atoms with van der Waals surface area (Å²) >= 11 is 1.67. The van der Waals surface area contributed by atoms with Gasteiger partial charge in [0.2, 0.25) is 0 Å². The van der Waals surface area contributed by atoms with E-state index in [-0.39, 0.29) is 11.2 Å². The first-order chi connectivity index (χ1) is 7.95. The van der Waals surface area contributed by atoms with E-state index in [0.29, 0.717) is 6.42 Å². The van der Waals surface area contributed by atoms with E-state index in [1.807, 2.05) is 19.1 Å². The first-order valence-electron chi connectivity index (χ1n) is 5.39. The summed E-state index contributed by atoms with van der Waals surface area (Å²) in [5.74, 6) is -0.375. The van der Waals surface area contributed by atoms with Crippen LogP contribution in [0.3, 0.4) is 0 Å². The molecule has 0 spiro atoms. The summed E-state index contributed by atoms with van der Waals surface area (Å²) in [5, 5.41) is 0.228. The summed E-state index contributed by atoms with van der Waals surface area (Å²) in [6.45, 7) is 3.74. The number of thioether (sulfide) groups is 1. The largest absolute Gasteiger partial charge is 0.468 e. The molecule has 1 heterocycles. The van der Waals surface area contributed by atoms with Crippen LogP contribution >= 0.6 is 11.8 Å². The van der Waals surface area contributed by atoms with Gasteiger partial charge in [0.25, 0.3) is 0 Å². The maximum absolute atomic E-state index is 11.5. The van der Waals surface area contributed by atoms with Gasteiger partial charge in [-0.3, -0.25) is 9.78 Å². The van der Waals surface area contributed by atoms with Gasteiger partial charge in [-0.25, -0.2) is 0 Å². The molecule has 94 valence electrons. The quantitative estimate of drug-likeness (QED) is 0.641. The summed E-state index contributed by atoms with van der Waals surface area (Å²) < 4.78 is 4.68. The fourth-order valence-electron chi connectivity index (χ4n) is 1.60. The summed E-state index contributed by atoms with van der Waals surface area (Å²) in [6, 6.07) is 3.88. The molecular weight excluding hydrogens is 236 g/mol. The van der Waals surface area contributed by atoms with Crippen LogP contribution in [0, 0.1) is 0 Å². The number of methoxy groups -OCH3 is 1. The zero-order chi connectivity index (χ0) is 12.9. The number of esters is 1. The lowest BCUT2D eigenvalue weighted by Gasteiger charge is -2.24. The summed E-state index contributed by atoms with van der Waals surface area (Å²) in [5.41, 5.74) is 4.99. The van der Waals surface area contributed by atoms with Crippen LogP contribution in [0.5, 0.6) is 0 Å². The molecule has 0 fully saturated rings. The molecule has 1 aromatic heterocycles. The molecule has 0 radical (unpaired) electrons. The van der Waals surface area contributed by atoms with Gasteiger partial charge in [-0.1, -0.05) is 6.92 Å². The molecule has 0 bridgehead atoms. The van der Waals surface area contributed by atoms with Gasteiger partial charge in [-0.2, -0.15) is 0 Å². The Morgan fingerprint density at radius 3 is 2.71 bits per heavy atom. The first kappa shape index (κ1) is 14.0. The molecule has 0 amide bonds. The Balaban J connectivity index is 2.55. The van der Waals surface area contributed by atoms with E-state index in [9.17, 15) is 4.79 Å². The number of carbonyl (C=O) groups is 1. The highest BCUT2D eigenvalue weighted by Gasteiger charge is 2.31. The predicted octanol–water partition coefficient (Wildman–Crippen LogP) is 1.84. The van der Waals surface area contributed by atoms with Crippen LogP contribution in [0.15, 0.2) is 29.4 Å². The predicted molar refractivity (Wildman–Crippen MR) is 68.8 cm³/mol. The van der Waals surface area contributed by atoms with Crippen LogP contribution in [-0.2, 0) is 9.53 Å². The van der Waals surface area contributed by atoms with Crippen molar-refractivity contribution in [1.29, 1.82) is 0 Å². The van der Waals surface area contributed by atoms with E-state index in [4.69, 9.17) is 5.73 Å². The van der Waals surface area contributed by atoms with E-state index in [2.05, 4.69) is 9.72 Å². The number of pyridine rings is 1. The van der Waals surface area contributed by atoms with Crippen LogP contribution in [0.2, 0.25) is 0 Å². The average Bonchev–Trinajstić information content (AvgIpc) is 2.28. The normalized spacial score (nSPS) is 16.0. The Kier molecular flexibility index (Phi) is 4.96. The third kappa shape index (κ3) is 4.36. The van der Waals surface area contributed by atoms with Gasteiger partial charge in [-0.15, -0.1) is 11.8 Å². The molecule has 0 aliphatic rings. The highest BCUT2D eigenvalue weighted by molar-refractivity contribution is 7.99. The fourth-order valence-corrected chi connectivity index (χ4v) is 2.78. The van der Waals surface area contributed by atoms with Crippen molar-refractivity contribution in [3.63, 3.8) is 0 Å². The van der Waals surface area contributed by atoms with E-state index in [1.54, 1.807) is 31.1 Å². The fraction of sp³-hybridized carbons (Fsp3) is 0.500. The second-order valence-electron chi connectivity index (χ2n) is 4.22. The highest BCUT2D eigenvalue weighted by Crippen LogP contribution is 2.27. The number of nitrogens with zero attached hydrogens (tertiary/aromatic N) is 1. The minimum absolute atomic E-state index is 0.228. The van der Waals surface area contributed by atoms with Crippen molar-refractivity contribution >= 4 is 17.7 Å². The number of nitrogens with two attached hydrogens (primary N) is 1. The van der Waals surface area contributed by atoms with Gasteiger partial charge in [-0.05, 0) is 25.5 Å². The molecule has 0 aliphatic heterocycles. The van der Waals surface area contributed by atoms with E-state index >= 15 is 0 Å². The number of ether oxygens (including phenoxy) is 1. The van der Waals surface area contributed by atoms with Gasteiger partial charge in [0, 0.05) is 22.5 Å². The molecule has 0 saturated carbocycles. The number of aromatic nitrogens is 1. The maximum Gasteiger partial charge on any atom is 0.325 e. The second kappa shape index (κ2) is 6.02. The van der Waals surface area contributed by atoms with Crippen LogP contribution in [0.4, 0.5) is 0 Å². The van der Waals surface area contributed by atoms with Crippen molar-refractivity contribution in [2.24, 2.45) is 5.73 Å². The Labute approximate surface area is 106 Å². The highest BCUT2D eigenvalue weighted by atomic mass is 32.2. The third-order valence-electron chi connectivity index (χ3n) is 2.35. The number of carbonyl (C=O) groups excluding carboxylic acids is 1. The minimum atomic E-state index is -0.936. The van der Waals surface area contributed by atoms with Crippen molar-refractivity contribution in [1.82, 2.24) is 4.98 Å². The number of rotatable bonds is 5. The smallest absolute Gasteiger partial charge is 0.325 e. The molecule has 0 saturated heterocycles. The molecular formula is C12H18N2O2S. The van der Waals surface area contributed by atoms with Gasteiger partial charge < -0.3 is 10.5 Å². The average molecular weight is 254 g/mol. The molecule has 1 aromatic rings. The Hall–Kier alpha value is -1.07. The van der Waals surface area contributed by atoms with E-state index in [0.717, 1.165) is 4.90 Å². The van der Waals surface area contributed by atoms with Crippen LogP contribution < -0.4 is 5.73 Å². The van der Waals surface area contributed by atoms with Crippen molar-refractivity contribution in [3.05, 3.63) is 24.5 Å². The van der Waals surface area contributed by atoms with Gasteiger partial charge in [0.05, 0.1) is 7.11 Å². The van der Waals surface area contributed by atoms with Crippen molar-refractivity contribution < 1.29 is 9.53 Å². The molecule has 4 nitrogen and oxygen atoms in total. The van der Waals surface area contributed by atoms with Crippen LogP contribution in [0.25, 0.3) is 0 Å². The van der Waals surface area contributed by atoms with E-state index < -0.39 is 5.54 Å². The molecule has 2 N–H and O–H groups in total. The van der Waals surface area contributed by atoms with Gasteiger partial charge in [0.15, 0.2) is 0 Å². The zero-order valence-electron chi connectivity index (χ0n) is 10.3. The van der Waals surface area contributed by atoms with Crippen LogP contribution in [-0.4, -0.2) is 28.9 Å². The topological polar surface area (TPSA) is 65.2 Å². The monoisotopic (exact) mass is 254 g/mol. The summed E-state index contributed by atoms with van der Waals surface area (Å²) in [7, 11) is 1.36. The van der Waals surface area contributed by atoms with Crippen molar-refractivity contribution in [2.75, 3.05) is 7.11 Å². The minimum Gasteiger partial charge on any atom is -0.468 e. The van der Waals surface area contributed by atoms with Crippen LogP contribution in [0.1, 0.15) is 20.3 Å².